The van der Waals surface area contributed by atoms with Crippen molar-refractivity contribution in [2.75, 3.05) is 25.1 Å². The van der Waals surface area contributed by atoms with E-state index in [1.807, 2.05) is 6.26 Å². The van der Waals surface area contributed by atoms with E-state index in [1.54, 1.807) is 0 Å². The molecule has 0 aliphatic carbocycles. The Hall–Kier alpha value is -1.89. The van der Waals surface area contributed by atoms with E-state index in [0.717, 1.165) is 0 Å². The molecule has 9 N–H and O–H groups in total. The lowest BCUT2D eigenvalue weighted by molar-refractivity contribution is -0.138. The second-order valence-electron chi connectivity index (χ2n) is 6.57. The van der Waals surface area contributed by atoms with Gasteiger partial charge in [0, 0.05) is 0 Å². The molecule has 0 fully saturated rings. The van der Waals surface area contributed by atoms with Gasteiger partial charge in [-0.1, -0.05) is 6.42 Å². The number of nitrogens with one attached hydrogen (secondary N) is 3. The number of aliphatic hydroxyl groups is 1. The zero-order valence-corrected chi connectivity index (χ0v) is 17.7. The van der Waals surface area contributed by atoms with Crippen LogP contribution in [0.3, 0.4) is 0 Å². The number of aliphatic hydroxyl groups excluding tert-OH is 1. The van der Waals surface area contributed by atoms with Crippen molar-refractivity contribution in [2.45, 2.75) is 56.8 Å². The quantitative estimate of drug-likeness (QED) is 0.139. The number of thioether (sulfide) groups is 1. The van der Waals surface area contributed by atoms with Crippen LogP contribution >= 0.6 is 11.8 Å². The third kappa shape index (κ3) is 11.6. The predicted molar refractivity (Wildman–Crippen MR) is 110 cm³/mol. The number of carboxylic acid groups (broad SMARTS) is 1. The van der Waals surface area contributed by atoms with E-state index in [0.29, 0.717) is 31.6 Å². The molecule has 0 aromatic rings. The predicted octanol–water partition coefficient (Wildman–Crippen LogP) is -2.25. The Morgan fingerprint density at radius 2 is 1.69 bits per heavy atom. The summed E-state index contributed by atoms with van der Waals surface area (Å²) < 4.78 is 0. The topological polar surface area (TPSA) is 197 Å². The number of unbranched alkanes of at least 4 members (excludes halogenated alkanes) is 1. The van der Waals surface area contributed by atoms with Crippen molar-refractivity contribution in [1.29, 1.82) is 0 Å². The first kappa shape index (κ1) is 27.1. The molecule has 0 aliphatic heterocycles. The van der Waals surface area contributed by atoms with Crippen LogP contribution in [-0.2, 0) is 19.2 Å². The molecule has 0 aromatic carbocycles. The van der Waals surface area contributed by atoms with Crippen molar-refractivity contribution in [3.8, 4) is 0 Å². The maximum Gasteiger partial charge on any atom is 0.322 e. The Balaban J connectivity index is 5.01. The van der Waals surface area contributed by atoms with Crippen LogP contribution in [0.15, 0.2) is 0 Å². The van der Waals surface area contributed by atoms with Crippen LogP contribution in [0.25, 0.3) is 0 Å². The van der Waals surface area contributed by atoms with E-state index in [4.69, 9.17) is 16.6 Å². The Kier molecular flexibility index (Phi) is 14.0. The minimum Gasteiger partial charge on any atom is -0.480 e. The normalized spacial score (nSPS) is 14.9. The molecule has 12 heteroatoms. The minimum atomic E-state index is -1.31. The van der Waals surface area contributed by atoms with Crippen molar-refractivity contribution >= 4 is 35.5 Å². The second-order valence-corrected chi connectivity index (χ2v) is 7.56. The van der Waals surface area contributed by atoms with E-state index in [-0.39, 0.29) is 6.42 Å². The molecule has 0 bridgehead atoms. The lowest BCUT2D eigenvalue weighted by atomic mass is 10.1. The number of hydrogen-bond acceptors (Lipinski definition) is 8. The number of amides is 3. The molecule has 0 saturated carbocycles. The standard InChI is InChI=1S/C17H33N5O6S/c1-10(23)14(22-15(26)11(19)5-3-4-7-18)17(28)21-12(6-8-29-2)16(27)20-9-13(24)25/h10-12,14,23H,3-9,18-19H2,1-2H3,(H,20,27)(H,21,28)(H,22,26)(H,24,25). The zero-order chi connectivity index (χ0) is 22.4. The number of carbonyl (C=O) groups is 4. The summed E-state index contributed by atoms with van der Waals surface area (Å²) in [5.74, 6) is -2.71. The Morgan fingerprint density at radius 1 is 1.03 bits per heavy atom. The smallest absolute Gasteiger partial charge is 0.322 e. The maximum atomic E-state index is 12.6. The summed E-state index contributed by atoms with van der Waals surface area (Å²) in [7, 11) is 0. The van der Waals surface area contributed by atoms with Crippen LogP contribution in [0.1, 0.15) is 32.6 Å². The van der Waals surface area contributed by atoms with E-state index < -0.39 is 54.5 Å². The lowest BCUT2D eigenvalue weighted by Gasteiger charge is -2.25. The highest BCUT2D eigenvalue weighted by Crippen LogP contribution is 2.04. The van der Waals surface area contributed by atoms with Gasteiger partial charge in [-0.05, 0) is 44.7 Å². The van der Waals surface area contributed by atoms with Crippen LogP contribution < -0.4 is 27.4 Å². The number of hydrogen-bond donors (Lipinski definition) is 7. The molecule has 0 rings (SSSR count). The van der Waals surface area contributed by atoms with Crippen molar-refractivity contribution < 1.29 is 29.4 Å². The van der Waals surface area contributed by atoms with Crippen LogP contribution in [0.4, 0.5) is 0 Å². The van der Waals surface area contributed by atoms with E-state index >= 15 is 0 Å². The van der Waals surface area contributed by atoms with Crippen molar-refractivity contribution in [2.24, 2.45) is 11.5 Å². The number of carboxylic acids is 1. The number of rotatable bonds is 15. The molecule has 0 radical (unpaired) electrons. The monoisotopic (exact) mass is 435 g/mol. The van der Waals surface area contributed by atoms with Crippen molar-refractivity contribution in [1.82, 2.24) is 16.0 Å². The molecule has 0 aliphatic rings. The highest BCUT2D eigenvalue weighted by Gasteiger charge is 2.30. The summed E-state index contributed by atoms with van der Waals surface area (Å²) in [6, 6.07) is -3.18. The zero-order valence-electron chi connectivity index (χ0n) is 16.8. The van der Waals surface area contributed by atoms with Crippen molar-refractivity contribution in [3.63, 3.8) is 0 Å². The molecule has 3 amide bonds. The maximum absolute atomic E-state index is 12.6. The molecule has 4 unspecified atom stereocenters. The Morgan fingerprint density at radius 3 is 2.21 bits per heavy atom. The average molecular weight is 436 g/mol. The molecule has 4 atom stereocenters. The van der Waals surface area contributed by atoms with Gasteiger partial charge in [0.15, 0.2) is 0 Å². The Bertz CT molecular complexity index is 548. The first-order valence-corrected chi connectivity index (χ1v) is 10.8. The van der Waals surface area contributed by atoms with Crippen molar-refractivity contribution in [3.05, 3.63) is 0 Å². The summed E-state index contributed by atoms with van der Waals surface area (Å²) in [5.41, 5.74) is 11.2. The Labute approximate surface area is 174 Å². The number of aliphatic carboxylic acids is 1. The highest BCUT2D eigenvalue weighted by atomic mass is 32.2. The van der Waals surface area contributed by atoms with Gasteiger partial charge in [-0.15, -0.1) is 0 Å². The molecule has 168 valence electrons. The average Bonchev–Trinajstić information content (AvgIpc) is 2.66. The minimum absolute atomic E-state index is 0.247. The fraction of sp³-hybridized carbons (Fsp3) is 0.765. The summed E-state index contributed by atoms with van der Waals surface area (Å²) >= 11 is 1.45. The van der Waals surface area contributed by atoms with Gasteiger partial charge in [0.1, 0.15) is 18.6 Å². The fourth-order valence-corrected chi connectivity index (χ4v) is 2.83. The number of nitrogens with two attached hydrogens (primary N) is 2. The third-order valence-corrected chi connectivity index (χ3v) is 4.67. The van der Waals surface area contributed by atoms with Crippen LogP contribution in [0.2, 0.25) is 0 Å². The summed E-state index contributed by atoms with van der Waals surface area (Å²) in [6.07, 6.45) is 2.57. The first-order valence-electron chi connectivity index (χ1n) is 9.36. The summed E-state index contributed by atoms with van der Waals surface area (Å²) in [5, 5.41) is 25.7. The van der Waals surface area contributed by atoms with Gasteiger partial charge in [0.2, 0.25) is 17.7 Å². The van der Waals surface area contributed by atoms with E-state index in [1.165, 1.54) is 18.7 Å². The molecule has 29 heavy (non-hydrogen) atoms. The number of carbonyl (C=O) groups excluding carboxylic acids is 3. The van der Waals surface area contributed by atoms with Crippen LogP contribution in [0.5, 0.6) is 0 Å². The van der Waals surface area contributed by atoms with Gasteiger partial charge in [0.25, 0.3) is 0 Å². The second kappa shape index (κ2) is 15.0. The molecular weight excluding hydrogens is 402 g/mol. The summed E-state index contributed by atoms with van der Waals surface area (Å²) in [4.78, 5) is 47.6. The molecule has 0 aromatic heterocycles. The first-order chi connectivity index (χ1) is 13.6. The van der Waals surface area contributed by atoms with E-state index in [9.17, 15) is 24.3 Å². The van der Waals surface area contributed by atoms with Crippen LogP contribution in [0, 0.1) is 0 Å². The summed E-state index contributed by atoms with van der Waals surface area (Å²) in [6.45, 7) is 1.22. The lowest BCUT2D eigenvalue weighted by Crippen LogP contribution is -2.59. The van der Waals surface area contributed by atoms with E-state index in [2.05, 4.69) is 16.0 Å². The molecule has 0 spiro atoms. The third-order valence-electron chi connectivity index (χ3n) is 4.03. The van der Waals surface area contributed by atoms with Gasteiger partial charge >= 0.3 is 5.97 Å². The molecular formula is C17H33N5O6S. The van der Waals surface area contributed by atoms with Crippen LogP contribution in [-0.4, -0.2) is 83.2 Å². The fourth-order valence-electron chi connectivity index (χ4n) is 2.36. The molecule has 11 nitrogen and oxygen atoms in total. The molecule has 0 saturated heterocycles. The highest BCUT2D eigenvalue weighted by molar-refractivity contribution is 7.98. The SMILES string of the molecule is CSCCC(NC(=O)C(NC(=O)C(N)CCCCN)C(C)O)C(=O)NCC(=O)O. The van der Waals surface area contributed by atoms with Gasteiger partial charge in [-0.3, -0.25) is 19.2 Å². The van der Waals surface area contributed by atoms with Gasteiger partial charge in [-0.2, -0.15) is 11.8 Å². The molecule has 0 heterocycles. The van der Waals surface area contributed by atoms with Gasteiger partial charge in [-0.25, -0.2) is 0 Å². The van der Waals surface area contributed by atoms with Gasteiger partial charge < -0.3 is 37.6 Å². The largest absolute Gasteiger partial charge is 0.480 e. The van der Waals surface area contributed by atoms with Gasteiger partial charge in [0.05, 0.1) is 12.1 Å².